The number of ether oxygens (including phenoxy) is 1. The molecule has 2 aromatic rings. The summed E-state index contributed by atoms with van der Waals surface area (Å²) >= 11 is 0. The highest BCUT2D eigenvalue weighted by Gasteiger charge is 2.33. The minimum atomic E-state index is -0.503. The number of hydrogen-bond donors (Lipinski definition) is 2. The summed E-state index contributed by atoms with van der Waals surface area (Å²) in [7, 11) is 1.60. The van der Waals surface area contributed by atoms with Crippen LogP contribution in [0.2, 0.25) is 0 Å². The molecule has 0 spiro atoms. The molecule has 2 aromatic carbocycles. The minimum Gasteiger partial charge on any atom is -0.497 e. The summed E-state index contributed by atoms with van der Waals surface area (Å²) in [6, 6.07) is 12.6. The Kier molecular flexibility index (Phi) is 5.64. The van der Waals surface area contributed by atoms with E-state index in [2.05, 4.69) is 10.6 Å². The van der Waals surface area contributed by atoms with Gasteiger partial charge in [0.1, 0.15) is 11.8 Å². The van der Waals surface area contributed by atoms with Gasteiger partial charge in [-0.15, -0.1) is 0 Å². The maximum atomic E-state index is 12.7. The number of carbonyl (C=O) groups excluding carboxylic acids is 2. The second kappa shape index (κ2) is 8.12. The number of hydrogen-bond acceptors (Lipinski definition) is 3. The van der Waals surface area contributed by atoms with Crippen LogP contribution in [0.25, 0.3) is 0 Å². The van der Waals surface area contributed by atoms with Crippen molar-refractivity contribution >= 4 is 17.6 Å². The molecule has 3 rings (SSSR count). The second-order valence-corrected chi connectivity index (χ2v) is 6.78. The van der Waals surface area contributed by atoms with E-state index in [4.69, 9.17) is 4.74 Å². The first-order valence-corrected chi connectivity index (χ1v) is 9.04. The summed E-state index contributed by atoms with van der Waals surface area (Å²) < 4.78 is 5.17. The van der Waals surface area contributed by atoms with Crippen molar-refractivity contribution in [3.05, 3.63) is 59.2 Å². The summed E-state index contributed by atoms with van der Waals surface area (Å²) in [4.78, 5) is 26.6. The molecule has 6 heteroatoms. The van der Waals surface area contributed by atoms with E-state index in [1.54, 1.807) is 12.0 Å². The third-order valence-electron chi connectivity index (χ3n) is 4.90. The van der Waals surface area contributed by atoms with E-state index in [0.29, 0.717) is 19.5 Å². The van der Waals surface area contributed by atoms with Gasteiger partial charge in [0.05, 0.1) is 7.11 Å². The number of aryl methyl sites for hydroxylation is 2. The highest BCUT2D eigenvalue weighted by molar-refractivity contribution is 6.01. The predicted octanol–water partition coefficient (Wildman–Crippen LogP) is 2.92. The molecule has 0 radical (unpaired) electrons. The number of urea groups is 1. The Hall–Kier alpha value is -3.02. The first-order chi connectivity index (χ1) is 13.0. The molecule has 1 atom stereocenters. The number of amides is 3. The molecule has 1 fully saturated rings. The van der Waals surface area contributed by atoms with Crippen LogP contribution in [0.15, 0.2) is 42.5 Å². The van der Waals surface area contributed by atoms with Crippen molar-refractivity contribution in [2.75, 3.05) is 18.6 Å². The van der Waals surface area contributed by atoms with Gasteiger partial charge in [0.15, 0.2) is 0 Å². The summed E-state index contributed by atoms with van der Waals surface area (Å²) in [5.74, 6) is 0.666. The van der Waals surface area contributed by atoms with Gasteiger partial charge in [0, 0.05) is 18.8 Å². The zero-order chi connectivity index (χ0) is 19.4. The van der Waals surface area contributed by atoms with Gasteiger partial charge in [-0.2, -0.15) is 0 Å². The topological polar surface area (TPSA) is 70.7 Å². The number of benzene rings is 2. The van der Waals surface area contributed by atoms with Crippen LogP contribution in [-0.4, -0.2) is 31.6 Å². The summed E-state index contributed by atoms with van der Waals surface area (Å²) in [5.41, 5.74) is 4.15. The van der Waals surface area contributed by atoms with Crippen LogP contribution in [-0.2, 0) is 11.3 Å². The predicted molar refractivity (Wildman–Crippen MR) is 105 cm³/mol. The number of anilines is 1. The standard InChI is InChI=1S/C21H25N3O3/c1-14-7-8-17(11-15(14)2)24-10-9-19(20(24)25)23-21(26)22-13-16-5-4-6-18(12-16)27-3/h4-8,11-12,19H,9-10,13H2,1-3H3,(H2,22,23,26)/t19-/m1/s1. The number of rotatable bonds is 5. The fraction of sp³-hybridized carbons (Fsp3) is 0.333. The number of methoxy groups -OCH3 is 1. The normalized spacial score (nSPS) is 16.3. The van der Waals surface area contributed by atoms with E-state index in [-0.39, 0.29) is 11.9 Å². The average molecular weight is 367 g/mol. The van der Waals surface area contributed by atoms with Crippen LogP contribution >= 0.6 is 0 Å². The van der Waals surface area contributed by atoms with Gasteiger partial charge >= 0.3 is 6.03 Å². The lowest BCUT2D eigenvalue weighted by Gasteiger charge is -2.18. The molecular weight excluding hydrogens is 342 g/mol. The van der Waals surface area contributed by atoms with Crippen molar-refractivity contribution < 1.29 is 14.3 Å². The first kappa shape index (κ1) is 18.8. The second-order valence-electron chi connectivity index (χ2n) is 6.78. The van der Waals surface area contributed by atoms with Gasteiger partial charge in [0.2, 0.25) is 5.91 Å². The molecule has 0 saturated carbocycles. The van der Waals surface area contributed by atoms with E-state index in [1.807, 2.05) is 56.3 Å². The van der Waals surface area contributed by atoms with Crippen molar-refractivity contribution in [1.82, 2.24) is 10.6 Å². The highest BCUT2D eigenvalue weighted by atomic mass is 16.5. The molecule has 0 bridgehead atoms. The van der Waals surface area contributed by atoms with Crippen LogP contribution < -0.4 is 20.3 Å². The zero-order valence-electron chi connectivity index (χ0n) is 15.9. The molecule has 0 aliphatic carbocycles. The van der Waals surface area contributed by atoms with Crippen LogP contribution in [0, 0.1) is 13.8 Å². The third-order valence-corrected chi connectivity index (χ3v) is 4.90. The Morgan fingerprint density at radius 2 is 2.00 bits per heavy atom. The van der Waals surface area contributed by atoms with Gasteiger partial charge in [-0.1, -0.05) is 18.2 Å². The van der Waals surface area contributed by atoms with E-state index in [9.17, 15) is 9.59 Å². The molecular formula is C21H25N3O3. The molecule has 2 N–H and O–H groups in total. The summed E-state index contributed by atoms with van der Waals surface area (Å²) in [5, 5.41) is 5.57. The molecule has 1 saturated heterocycles. The lowest BCUT2D eigenvalue weighted by Crippen LogP contribution is -2.45. The molecule has 1 aliphatic heterocycles. The van der Waals surface area contributed by atoms with E-state index in [1.165, 1.54) is 5.56 Å². The number of nitrogens with one attached hydrogen (secondary N) is 2. The largest absolute Gasteiger partial charge is 0.497 e. The molecule has 6 nitrogen and oxygen atoms in total. The van der Waals surface area contributed by atoms with Crippen LogP contribution in [0.1, 0.15) is 23.1 Å². The SMILES string of the molecule is COc1cccc(CNC(=O)N[C@@H]2CCN(c3ccc(C)c(C)c3)C2=O)c1. The fourth-order valence-corrected chi connectivity index (χ4v) is 3.14. The lowest BCUT2D eigenvalue weighted by molar-refractivity contribution is -0.118. The summed E-state index contributed by atoms with van der Waals surface area (Å²) in [6.07, 6.45) is 0.596. The van der Waals surface area contributed by atoms with E-state index in [0.717, 1.165) is 22.6 Å². The number of nitrogens with zero attached hydrogens (tertiary/aromatic N) is 1. The Balaban J connectivity index is 1.55. The monoisotopic (exact) mass is 367 g/mol. The highest BCUT2D eigenvalue weighted by Crippen LogP contribution is 2.24. The fourth-order valence-electron chi connectivity index (χ4n) is 3.14. The Morgan fingerprint density at radius 3 is 2.74 bits per heavy atom. The molecule has 1 heterocycles. The summed E-state index contributed by atoms with van der Waals surface area (Å²) in [6.45, 7) is 5.04. The van der Waals surface area contributed by atoms with Crippen LogP contribution in [0.4, 0.5) is 10.5 Å². The first-order valence-electron chi connectivity index (χ1n) is 9.04. The van der Waals surface area contributed by atoms with Crippen molar-refractivity contribution in [1.29, 1.82) is 0 Å². The molecule has 3 amide bonds. The van der Waals surface area contributed by atoms with Crippen LogP contribution in [0.3, 0.4) is 0 Å². The smallest absolute Gasteiger partial charge is 0.315 e. The molecule has 1 aliphatic rings. The van der Waals surface area contributed by atoms with Gasteiger partial charge < -0.3 is 20.3 Å². The zero-order valence-corrected chi connectivity index (χ0v) is 15.9. The average Bonchev–Trinajstić information content (AvgIpc) is 3.03. The van der Waals surface area contributed by atoms with Gasteiger partial charge in [0.25, 0.3) is 0 Å². The molecule has 142 valence electrons. The van der Waals surface area contributed by atoms with E-state index < -0.39 is 6.04 Å². The lowest BCUT2D eigenvalue weighted by atomic mass is 10.1. The van der Waals surface area contributed by atoms with Crippen molar-refractivity contribution in [3.63, 3.8) is 0 Å². The molecule has 0 aromatic heterocycles. The minimum absolute atomic E-state index is 0.0743. The Morgan fingerprint density at radius 1 is 1.19 bits per heavy atom. The third kappa shape index (κ3) is 4.39. The molecule has 0 unspecified atom stereocenters. The van der Waals surface area contributed by atoms with Crippen LogP contribution in [0.5, 0.6) is 5.75 Å². The van der Waals surface area contributed by atoms with Crippen molar-refractivity contribution in [3.8, 4) is 5.75 Å². The van der Waals surface area contributed by atoms with Crippen molar-refractivity contribution in [2.24, 2.45) is 0 Å². The Labute approximate surface area is 159 Å². The quantitative estimate of drug-likeness (QED) is 0.854. The maximum Gasteiger partial charge on any atom is 0.315 e. The van der Waals surface area contributed by atoms with Gasteiger partial charge in [-0.05, 0) is 61.2 Å². The molecule has 27 heavy (non-hydrogen) atoms. The number of carbonyl (C=O) groups is 2. The van der Waals surface area contributed by atoms with Gasteiger partial charge in [-0.25, -0.2) is 4.79 Å². The van der Waals surface area contributed by atoms with Crippen molar-refractivity contribution in [2.45, 2.75) is 32.9 Å². The van der Waals surface area contributed by atoms with E-state index >= 15 is 0 Å². The Bertz CT molecular complexity index is 850. The van der Waals surface area contributed by atoms with Gasteiger partial charge in [-0.3, -0.25) is 4.79 Å². The maximum absolute atomic E-state index is 12.7.